The Morgan fingerprint density at radius 2 is 1.73 bits per heavy atom. The molecule has 6 heteroatoms. The van der Waals surface area contributed by atoms with Crippen LogP contribution in [0.5, 0.6) is 0 Å². The molecule has 66 valence electrons. The minimum atomic E-state index is -1.89. The Morgan fingerprint density at radius 1 is 1.36 bits per heavy atom. The Morgan fingerprint density at radius 3 is 1.82 bits per heavy atom. The molecule has 0 spiro atoms. The summed E-state index contributed by atoms with van der Waals surface area (Å²) in [4.78, 5) is 17.8. The van der Waals surface area contributed by atoms with E-state index in [2.05, 4.69) is 0 Å². The van der Waals surface area contributed by atoms with Crippen LogP contribution >= 0.6 is 0 Å². The first-order chi connectivity index (χ1) is 5.09. The minimum Gasteiger partial charge on any atom is -0.479 e. The van der Waals surface area contributed by atoms with Crippen LogP contribution < -0.4 is 0 Å². The van der Waals surface area contributed by atoms with Gasteiger partial charge in [0.2, 0.25) is 0 Å². The van der Waals surface area contributed by atoms with Crippen LogP contribution in [-0.4, -0.2) is 52.0 Å². The van der Waals surface area contributed by atoms with Gasteiger partial charge < -0.3 is 25.2 Å². The third-order valence-electron chi connectivity index (χ3n) is 0.805. The molecule has 0 aromatic heterocycles. The van der Waals surface area contributed by atoms with Crippen LogP contribution in [0.25, 0.3) is 0 Å². The molecule has 0 heterocycles. The topological polar surface area (TPSA) is 115 Å². The summed E-state index contributed by atoms with van der Waals surface area (Å²) in [5.41, 5.74) is 0. The molecule has 0 amide bonds. The molecule has 0 saturated heterocycles. The van der Waals surface area contributed by atoms with Gasteiger partial charge in [-0.15, -0.1) is 0 Å². The molecule has 2 atom stereocenters. The molecule has 0 aromatic rings. The lowest BCUT2D eigenvalue weighted by molar-refractivity contribution is -0.154. The monoisotopic (exact) mass is 166 g/mol. The first kappa shape index (κ1) is 12.7. The zero-order valence-corrected chi connectivity index (χ0v) is 5.67. The predicted octanol–water partition coefficient (Wildman–Crippen LogP) is -2.40. The van der Waals surface area contributed by atoms with Crippen LogP contribution in [-0.2, 0) is 9.59 Å². The van der Waals surface area contributed by atoms with Gasteiger partial charge in [0.05, 0.1) is 6.61 Å². The van der Waals surface area contributed by atoms with Crippen molar-refractivity contribution in [3.63, 3.8) is 0 Å². The number of hydrogen-bond donors (Lipinski definition) is 4. The SMILES string of the molecule is C=O.O=C(O)C(O)C(O)CO. The van der Waals surface area contributed by atoms with Crippen LogP contribution in [0.4, 0.5) is 0 Å². The Balaban J connectivity index is 0. The molecule has 2 unspecified atom stereocenters. The van der Waals surface area contributed by atoms with Crippen molar-refractivity contribution >= 4 is 12.8 Å². The van der Waals surface area contributed by atoms with Crippen molar-refractivity contribution in [1.29, 1.82) is 0 Å². The van der Waals surface area contributed by atoms with Gasteiger partial charge in [0.1, 0.15) is 12.9 Å². The number of carboxylic acid groups (broad SMARTS) is 1. The summed E-state index contributed by atoms with van der Waals surface area (Å²) < 4.78 is 0. The molecular formula is C5H10O6. The third-order valence-corrected chi connectivity index (χ3v) is 0.805. The van der Waals surface area contributed by atoms with Gasteiger partial charge in [-0.3, -0.25) is 0 Å². The third kappa shape index (κ3) is 5.46. The summed E-state index contributed by atoms with van der Waals surface area (Å²) in [5, 5.41) is 32.8. The maximum atomic E-state index is 9.78. The fraction of sp³-hybridized carbons (Fsp3) is 0.600. The number of rotatable bonds is 3. The van der Waals surface area contributed by atoms with E-state index in [4.69, 9.17) is 25.2 Å². The highest BCUT2D eigenvalue weighted by molar-refractivity contribution is 5.72. The van der Waals surface area contributed by atoms with Gasteiger partial charge in [-0.25, -0.2) is 4.79 Å². The minimum absolute atomic E-state index is 0.756. The number of aliphatic hydroxyl groups excluding tert-OH is 3. The second-order valence-electron chi connectivity index (χ2n) is 1.53. The maximum absolute atomic E-state index is 9.78. The van der Waals surface area contributed by atoms with Gasteiger partial charge in [-0.05, 0) is 0 Å². The number of carboxylic acids is 1. The summed E-state index contributed by atoms with van der Waals surface area (Å²) in [6.45, 7) is 1.24. The quantitative estimate of drug-likeness (QED) is 0.371. The lowest BCUT2D eigenvalue weighted by Crippen LogP contribution is -2.36. The van der Waals surface area contributed by atoms with Crippen molar-refractivity contribution in [3.05, 3.63) is 0 Å². The van der Waals surface area contributed by atoms with Crippen molar-refractivity contribution in [1.82, 2.24) is 0 Å². The van der Waals surface area contributed by atoms with Gasteiger partial charge in [-0.2, -0.15) is 0 Å². The summed E-state index contributed by atoms with van der Waals surface area (Å²) in [7, 11) is 0. The lowest BCUT2D eigenvalue weighted by Gasteiger charge is -2.09. The zero-order valence-electron chi connectivity index (χ0n) is 5.67. The van der Waals surface area contributed by atoms with E-state index in [1.165, 1.54) is 0 Å². The van der Waals surface area contributed by atoms with Crippen LogP contribution in [0.3, 0.4) is 0 Å². The fourth-order valence-electron chi connectivity index (χ4n) is 0.264. The summed E-state index contributed by atoms with van der Waals surface area (Å²) in [6.07, 6.45) is -3.49. The number of hydrogen-bond acceptors (Lipinski definition) is 5. The van der Waals surface area contributed by atoms with E-state index < -0.39 is 24.8 Å². The summed E-state index contributed by atoms with van der Waals surface area (Å²) >= 11 is 0. The average Bonchev–Trinajstić information content (AvgIpc) is 2.05. The van der Waals surface area contributed by atoms with Crippen LogP contribution in [0, 0.1) is 0 Å². The zero-order chi connectivity index (χ0) is 9.44. The summed E-state index contributed by atoms with van der Waals surface area (Å²) in [5.74, 6) is -1.54. The van der Waals surface area contributed by atoms with E-state index in [1.54, 1.807) is 0 Å². The lowest BCUT2D eigenvalue weighted by atomic mass is 10.2. The molecular weight excluding hydrogens is 156 g/mol. The smallest absolute Gasteiger partial charge is 0.335 e. The van der Waals surface area contributed by atoms with E-state index >= 15 is 0 Å². The molecule has 4 N–H and O–H groups in total. The number of carbonyl (C=O) groups is 2. The molecule has 6 nitrogen and oxygen atoms in total. The van der Waals surface area contributed by atoms with Crippen molar-refractivity contribution in [2.45, 2.75) is 12.2 Å². The van der Waals surface area contributed by atoms with Gasteiger partial charge in [0.25, 0.3) is 0 Å². The Labute approximate surface area is 62.7 Å². The van der Waals surface area contributed by atoms with Crippen molar-refractivity contribution in [2.24, 2.45) is 0 Å². The second-order valence-corrected chi connectivity index (χ2v) is 1.53. The Bertz CT molecular complexity index is 114. The van der Waals surface area contributed by atoms with Crippen molar-refractivity contribution < 1.29 is 30.0 Å². The first-order valence-electron chi connectivity index (χ1n) is 2.58. The van der Waals surface area contributed by atoms with Crippen LogP contribution in [0.15, 0.2) is 0 Å². The van der Waals surface area contributed by atoms with Crippen molar-refractivity contribution in [2.75, 3.05) is 6.61 Å². The Kier molecular flexibility index (Phi) is 8.22. The van der Waals surface area contributed by atoms with Gasteiger partial charge in [0.15, 0.2) is 6.10 Å². The number of aliphatic carboxylic acids is 1. The first-order valence-corrected chi connectivity index (χ1v) is 2.58. The molecule has 0 saturated carbocycles. The number of carbonyl (C=O) groups excluding carboxylic acids is 1. The van der Waals surface area contributed by atoms with Crippen molar-refractivity contribution in [3.8, 4) is 0 Å². The van der Waals surface area contributed by atoms with Crippen LogP contribution in [0.1, 0.15) is 0 Å². The highest BCUT2D eigenvalue weighted by Crippen LogP contribution is 1.90. The second kappa shape index (κ2) is 7.13. The molecule has 0 aliphatic heterocycles. The molecule has 0 bridgehead atoms. The molecule has 0 aromatic carbocycles. The molecule has 0 aliphatic carbocycles. The van der Waals surface area contributed by atoms with E-state index in [-0.39, 0.29) is 0 Å². The molecule has 0 aliphatic rings. The fourth-order valence-corrected chi connectivity index (χ4v) is 0.264. The van der Waals surface area contributed by atoms with Crippen LogP contribution in [0.2, 0.25) is 0 Å². The number of aliphatic hydroxyl groups is 3. The highest BCUT2D eigenvalue weighted by atomic mass is 16.4. The van der Waals surface area contributed by atoms with E-state index in [0.717, 1.165) is 0 Å². The molecule has 0 radical (unpaired) electrons. The standard InChI is InChI=1S/C4H8O5.CH2O/c5-1-2(6)3(7)4(8)9;1-2/h2-3,5-7H,1H2,(H,8,9);1H2. The molecule has 0 fully saturated rings. The van der Waals surface area contributed by atoms with E-state index in [1.807, 2.05) is 6.79 Å². The maximum Gasteiger partial charge on any atom is 0.335 e. The Hall–Kier alpha value is -0.980. The average molecular weight is 166 g/mol. The largest absolute Gasteiger partial charge is 0.479 e. The summed E-state index contributed by atoms with van der Waals surface area (Å²) in [6, 6.07) is 0. The molecule has 0 rings (SSSR count). The van der Waals surface area contributed by atoms with Gasteiger partial charge in [0, 0.05) is 0 Å². The predicted molar refractivity (Wildman–Crippen MR) is 33.9 cm³/mol. The normalized spacial score (nSPS) is 14.1. The van der Waals surface area contributed by atoms with E-state index in [9.17, 15) is 4.79 Å². The molecule has 11 heavy (non-hydrogen) atoms. The van der Waals surface area contributed by atoms with E-state index in [0.29, 0.717) is 0 Å². The van der Waals surface area contributed by atoms with Gasteiger partial charge in [-0.1, -0.05) is 0 Å². The van der Waals surface area contributed by atoms with Gasteiger partial charge >= 0.3 is 5.97 Å². The highest BCUT2D eigenvalue weighted by Gasteiger charge is 2.21.